The van der Waals surface area contributed by atoms with E-state index < -0.39 is 5.91 Å². The number of hydrogen-bond acceptors (Lipinski definition) is 4. The number of halogens is 3. The predicted octanol–water partition coefficient (Wildman–Crippen LogP) is 7.05. The van der Waals surface area contributed by atoms with Crippen molar-refractivity contribution in [1.82, 2.24) is 10.3 Å². The number of thiazole rings is 1. The number of carbonyl (C=O) groups is 1. The summed E-state index contributed by atoms with van der Waals surface area (Å²) < 4.78 is 1.10. The number of anilines is 1. The van der Waals surface area contributed by atoms with Crippen molar-refractivity contribution >= 4 is 85.3 Å². The average molecular weight is 493 g/mol. The van der Waals surface area contributed by atoms with E-state index in [2.05, 4.69) is 15.6 Å². The van der Waals surface area contributed by atoms with Crippen LogP contribution in [0.3, 0.4) is 0 Å². The molecule has 4 rings (SSSR count). The van der Waals surface area contributed by atoms with Crippen molar-refractivity contribution in [1.29, 1.82) is 0 Å². The quantitative estimate of drug-likeness (QED) is 0.301. The molecular weight excluding hydrogens is 481 g/mol. The van der Waals surface area contributed by atoms with Crippen LogP contribution in [0.5, 0.6) is 0 Å². The van der Waals surface area contributed by atoms with Crippen LogP contribution in [0, 0.1) is 0 Å². The number of hydrogen-bond donors (Lipinski definition) is 2. The number of carbonyl (C=O) groups excluding carboxylic acids is 1. The second-order valence-electron chi connectivity index (χ2n) is 6.21. The van der Waals surface area contributed by atoms with E-state index in [-0.39, 0.29) is 15.7 Å². The van der Waals surface area contributed by atoms with E-state index in [1.807, 2.05) is 36.4 Å². The maximum Gasteiger partial charge on any atom is 0.258 e. The zero-order chi connectivity index (χ0) is 21.3. The SMILES string of the molecule is O=C(NC(=S)Nc1cc(-c2nc3ccccc3s2)ccc1Cl)c1ccc(Cl)cc1Cl. The second-order valence-corrected chi connectivity index (χ2v) is 8.90. The highest BCUT2D eigenvalue weighted by molar-refractivity contribution is 7.80. The lowest BCUT2D eigenvalue weighted by Crippen LogP contribution is -2.34. The van der Waals surface area contributed by atoms with Gasteiger partial charge in [0.05, 0.1) is 31.5 Å². The molecule has 0 bridgehead atoms. The number of fused-ring (bicyclic) bond motifs is 1. The van der Waals surface area contributed by atoms with Gasteiger partial charge in [0.15, 0.2) is 5.11 Å². The third kappa shape index (κ3) is 4.58. The van der Waals surface area contributed by atoms with Gasteiger partial charge in [-0.05, 0) is 54.7 Å². The number of rotatable bonds is 3. The molecule has 0 aliphatic rings. The third-order valence-electron chi connectivity index (χ3n) is 4.16. The van der Waals surface area contributed by atoms with Gasteiger partial charge >= 0.3 is 0 Å². The standard InChI is InChI=1S/C21H12Cl3N3OS2/c22-12-6-7-13(15(24)10-12)19(28)27-21(29)26-17-9-11(5-8-14(17)23)20-25-16-3-1-2-4-18(16)30-20/h1-10H,(H2,26,27,28,29). The summed E-state index contributed by atoms with van der Waals surface area (Å²) in [6.45, 7) is 0. The number of nitrogens with one attached hydrogen (secondary N) is 2. The first-order valence-corrected chi connectivity index (χ1v) is 11.0. The molecule has 0 aliphatic carbocycles. The highest BCUT2D eigenvalue weighted by atomic mass is 35.5. The first-order chi connectivity index (χ1) is 14.4. The molecule has 4 nitrogen and oxygen atoms in total. The molecule has 0 saturated heterocycles. The summed E-state index contributed by atoms with van der Waals surface area (Å²) in [6.07, 6.45) is 0. The second kappa shape index (κ2) is 8.88. The van der Waals surface area contributed by atoms with Crippen LogP contribution in [0.2, 0.25) is 15.1 Å². The van der Waals surface area contributed by atoms with Crippen molar-refractivity contribution < 1.29 is 4.79 Å². The normalized spacial score (nSPS) is 10.8. The lowest BCUT2D eigenvalue weighted by molar-refractivity contribution is 0.0978. The number of benzene rings is 3. The van der Waals surface area contributed by atoms with Crippen molar-refractivity contribution in [3.05, 3.63) is 81.3 Å². The van der Waals surface area contributed by atoms with Gasteiger partial charge in [-0.3, -0.25) is 10.1 Å². The number of aromatic nitrogens is 1. The molecule has 1 amide bonds. The summed E-state index contributed by atoms with van der Waals surface area (Å²) in [4.78, 5) is 17.1. The minimum atomic E-state index is -0.451. The van der Waals surface area contributed by atoms with E-state index in [0.29, 0.717) is 15.7 Å². The van der Waals surface area contributed by atoms with Crippen LogP contribution in [-0.4, -0.2) is 16.0 Å². The van der Waals surface area contributed by atoms with E-state index >= 15 is 0 Å². The van der Waals surface area contributed by atoms with Crippen molar-refractivity contribution in [2.75, 3.05) is 5.32 Å². The van der Waals surface area contributed by atoms with Crippen LogP contribution in [0.25, 0.3) is 20.8 Å². The molecule has 9 heteroatoms. The number of thiocarbonyl (C=S) groups is 1. The van der Waals surface area contributed by atoms with Crippen molar-refractivity contribution in [2.45, 2.75) is 0 Å². The first kappa shape index (κ1) is 21.0. The smallest absolute Gasteiger partial charge is 0.258 e. The Kier molecular flexibility index (Phi) is 6.22. The van der Waals surface area contributed by atoms with Gasteiger partial charge < -0.3 is 5.32 Å². The summed E-state index contributed by atoms with van der Waals surface area (Å²) >= 11 is 25.1. The van der Waals surface area contributed by atoms with E-state index in [4.69, 9.17) is 47.0 Å². The average Bonchev–Trinajstić information content (AvgIpc) is 3.13. The van der Waals surface area contributed by atoms with Crippen LogP contribution in [0.15, 0.2) is 60.7 Å². The molecule has 4 aromatic rings. The van der Waals surface area contributed by atoms with Gasteiger partial charge in [-0.2, -0.15) is 0 Å². The van der Waals surface area contributed by atoms with Crippen LogP contribution in [0.4, 0.5) is 5.69 Å². The summed E-state index contributed by atoms with van der Waals surface area (Å²) in [7, 11) is 0. The molecular formula is C21H12Cl3N3OS2. The minimum absolute atomic E-state index is 0.0920. The van der Waals surface area contributed by atoms with Gasteiger partial charge in [-0.15, -0.1) is 11.3 Å². The third-order valence-corrected chi connectivity index (χ3v) is 6.33. The van der Waals surface area contributed by atoms with Crippen molar-refractivity contribution in [3.8, 4) is 10.6 Å². The lowest BCUT2D eigenvalue weighted by atomic mass is 10.2. The molecule has 0 saturated carbocycles. The Labute approximate surface area is 196 Å². The number of nitrogens with zero attached hydrogens (tertiary/aromatic N) is 1. The Hall–Kier alpha value is -2.22. The predicted molar refractivity (Wildman–Crippen MR) is 130 cm³/mol. The molecule has 2 N–H and O–H groups in total. The summed E-state index contributed by atoms with van der Waals surface area (Å²) in [5.74, 6) is -0.451. The van der Waals surface area contributed by atoms with Crippen molar-refractivity contribution in [2.24, 2.45) is 0 Å². The minimum Gasteiger partial charge on any atom is -0.331 e. The zero-order valence-electron chi connectivity index (χ0n) is 15.1. The molecule has 0 atom stereocenters. The maximum absolute atomic E-state index is 12.4. The lowest BCUT2D eigenvalue weighted by Gasteiger charge is -2.12. The maximum atomic E-state index is 12.4. The van der Waals surface area contributed by atoms with E-state index in [1.165, 1.54) is 12.1 Å². The largest absolute Gasteiger partial charge is 0.331 e. The highest BCUT2D eigenvalue weighted by Crippen LogP contribution is 2.33. The van der Waals surface area contributed by atoms with Crippen LogP contribution in [-0.2, 0) is 0 Å². The topological polar surface area (TPSA) is 54.0 Å². The molecule has 1 aromatic heterocycles. The molecule has 0 unspecified atom stereocenters. The number of para-hydroxylation sites is 1. The van der Waals surface area contributed by atoms with Gasteiger partial charge in [-0.25, -0.2) is 4.98 Å². The van der Waals surface area contributed by atoms with Gasteiger partial charge in [0.1, 0.15) is 5.01 Å². The Balaban J connectivity index is 1.53. The fourth-order valence-corrected chi connectivity index (χ4v) is 4.57. The van der Waals surface area contributed by atoms with Crippen molar-refractivity contribution in [3.63, 3.8) is 0 Å². The van der Waals surface area contributed by atoms with E-state index in [0.717, 1.165) is 20.8 Å². The summed E-state index contributed by atoms with van der Waals surface area (Å²) in [5, 5.41) is 7.64. The first-order valence-electron chi connectivity index (χ1n) is 8.63. The van der Waals surface area contributed by atoms with Crippen LogP contribution >= 0.6 is 58.4 Å². The number of amides is 1. The van der Waals surface area contributed by atoms with Crippen LogP contribution in [0.1, 0.15) is 10.4 Å². The Morgan fingerprint density at radius 2 is 1.77 bits per heavy atom. The highest BCUT2D eigenvalue weighted by Gasteiger charge is 2.14. The Bertz CT molecular complexity index is 1260. The summed E-state index contributed by atoms with van der Waals surface area (Å²) in [6, 6.07) is 18.0. The van der Waals surface area contributed by atoms with E-state index in [1.54, 1.807) is 23.5 Å². The molecule has 0 fully saturated rings. The fraction of sp³-hybridized carbons (Fsp3) is 0. The molecule has 1 heterocycles. The van der Waals surface area contributed by atoms with Gasteiger partial charge in [-0.1, -0.05) is 53.0 Å². The van der Waals surface area contributed by atoms with Crippen LogP contribution < -0.4 is 10.6 Å². The molecule has 30 heavy (non-hydrogen) atoms. The van der Waals surface area contributed by atoms with Gasteiger partial charge in [0.25, 0.3) is 5.91 Å². The molecule has 0 aliphatic heterocycles. The Morgan fingerprint density at radius 1 is 0.967 bits per heavy atom. The Morgan fingerprint density at radius 3 is 2.53 bits per heavy atom. The van der Waals surface area contributed by atoms with Gasteiger partial charge in [0.2, 0.25) is 0 Å². The van der Waals surface area contributed by atoms with Gasteiger partial charge in [0, 0.05) is 10.6 Å². The zero-order valence-corrected chi connectivity index (χ0v) is 19.0. The summed E-state index contributed by atoms with van der Waals surface area (Å²) in [5.41, 5.74) is 2.64. The fourth-order valence-electron chi connectivity index (χ4n) is 2.75. The monoisotopic (exact) mass is 491 g/mol. The molecule has 0 radical (unpaired) electrons. The molecule has 3 aromatic carbocycles. The molecule has 0 spiro atoms. The molecule has 150 valence electrons. The van der Waals surface area contributed by atoms with E-state index in [9.17, 15) is 4.79 Å².